The van der Waals surface area contributed by atoms with Crippen molar-refractivity contribution >= 4 is 11.4 Å². The fourth-order valence-electron chi connectivity index (χ4n) is 1.01. The molecule has 3 nitrogen and oxygen atoms in total. The van der Waals surface area contributed by atoms with E-state index < -0.39 is 11.4 Å². The summed E-state index contributed by atoms with van der Waals surface area (Å²) in [4.78, 5) is 0. The molecule has 0 aliphatic carbocycles. The van der Waals surface area contributed by atoms with Crippen molar-refractivity contribution in [2.24, 2.45) is 0 Å². The number of rotatable bonds is 8. The summed E-state index contributed by atoms with van der Waals surface area (Å²) < 4.78 is 22.7. The van der Waals surface area contributed by atoms with Crippen molar-refractivity contribution in [3.05, 3.63) is 0 Å². The highest BCUT2D eigenvalue weighted by atomic mass is 32.2. The lowest BCUT2D eigenvalue weighted by Crippen LogP contribution is -1.96. The molecule has 1 unspecified atom stereocenters. The van der Waals surface area contributed by atoms with Gasteiger partial charge >= 0.3 is 11.4 Å². The summed E-state index contributed by atoms with van der Waals surface area (Å²) >= 11 is -2.07. The van der Waals surface area contributed by atoms with Crippen LogP contribution >= 0.6 is 0 Å². The molecule has 0 fully saturated rings. The maximum atomic E-state index is 10.0. The van der Waals surface area contributed by atoms with Gasteiger partial charge in [0, 0.05) is 0 Å². The van der Waals surface area contributed by atoms with Crippen LogP contribution in [0.25, 0.3) is 0 Å². The normalized spacial score (nSPS) is 13.2. The molecule has 74 valence electrons. The molecule has 0 aromatic rings. The molecule has 0 aromatic heterocycles. The van der Waals surface area contributed by atoms with E-state index in [4.69, 9.17) is 4.55 Å². The summed E-state index contributed by atoms with van der Waals surface area (Å²) in [5, 5.41) is 0. The molecule has 0 saturated carbocycles. The van der Waals surface area contributed by atoms with E-state index in [1.54, 1.807) is 0 Å². The largest absolute Gasteiger partial charge is 0.301 e. The monoisotopic (exact) mass is 194 g/mol. The van der Waals surface area contributed by atoms with Crippen molar-refractivity contribution in [2.75, 3.05) is 6.61 Å². The molecule has 0 rings (SSSR count). The van der Waals surface area contributed by atoms with E-state index >= 15 is 0 Å². The SMILES string of the molecule is CCCCCCCCOS(=O)O. The third kappa shape index (κ3) is 10.1. The van der Waals surface area contributed by atoms with Gasteiger partial charge in [-0.15, -0.1) is 0 Å². The van der Waals surface area contributed by atoms with E-state index in [1.165, 1.54) is 25.7 Å². The Balaban J connectivity index is 2.86. The summed E-state index contributed by atoms with van der Waals surface area (Å²) in [5.74, 6) is 0. The van der Waals surface area contributed by atoms with Gasteiger partial charge in [-0.2, -0.15) is 4.21 Å². The molecule has 0 amide bonds. The van der Waals surface area contributed by atoms with Crippen molar-refractivity contribution < 1.29 is 12.9 Å². The predicted molar refractivity (Wildman–Crippen MR) is 50.1 cm³/mol. The molecular formula is C8H18O3S. The van der Waals surface area contributed by atoms with E-state index in [0.717, 1.165) is 12.8 Å². The Labute approximate surface area is 77.0 Å². The highest BCUT2D eigenvalue weighted by Gasteiger charge is 1.93. The van der Waals surface area contributed by atoms with Crippen LogP contribution in [-0.4, -0.2) is 15.4 Å². The number of unbranched alkanes of at least 4 members (excludes halogenated alkanes) is 5. The fraction of sp³-hybridized carbons (Fsp3) is 1.00. The summed E-state index contributed by atoms with van der Waals surface area (Å²) in [6.07, 6.45) is 6.98. The Hall–Kier alpha value is 0.0700. The zero-order chi connectivity index (χ0) is 9.23. The molecule has 1 N–H and O–H groups in total. The molecule has 12 heavy (non-hydrogen) atoms. The maximum absolute atomic E-state index is 10.0. The van der Waals surface area contributed by atoms with Gasteiger partial charge in [-0.3, -0.25) is 8.74 Å². The Morgan fingerprint density at radius 3 is 2.33 bits per heavy atom. The van der Waals surface area contributed by atoms with Gasteiger partial charge in [-0.25, -0.2) is 0 Å². The minimum Gasteiger partial charge on any atom is -0.284 e. The second kappa shape index (κ2) is 9.16. The number of hydrogen-bond donors (Lipinski definition) is 1. The molecule has 0 aliphatic rings. The van der Waals surface area contributed by atoms with Crippen LogP contribution in [0.5, 0.6) is 0 Å². The van der Waals surface area contributed by atoms with Gasteiger partial charge in [0.2, 0.25) is 0 Å². The van der Waals surface area contributed by atoms with Crippen molar-refractivity contribution in [2.45, 2.75) is 45.4 Å². The van der Waals surface area contributed by atoms with Crippen LogP contribution in [0, 0.1) is 0 Å². The van der Waals surface area contributed by atoms with Crippen LogP contribution < -0.4 is 0 Å². The Kier molecular flexibility index (Phi) is 9.21. The van der Waals surface area contributed by atoms with Gasteiger partial charge in [0.1, 0.15) is 0 Å². The van der Waals surface area contributed by atoms with Crippen molar-refractivity contribution in [3.8, 4) is 0 Å². The van der Waals surface area contributed by atoms with Crippen LogP contribution in [0.3, 0.4) is 0 Å². The van der Waals surface area contributed by atoms with Crippen LogP contribution in [0.1, 0.15) is 45.4 Å². The van der Waals surface area contributed by atoms with E-state index in [9.17, 15) is 4.21 Å². The van der Waals surface area contributed by atoms with E-state index in [0.29, 0.717) is 6.61 Å². The second-order valence-electron chi connectivity index (χ2n) is 2.81. The Morgan fingerprint density at radius 2 is 1.75 bits per heavy atom. The fourth-order valence-corrected chi connectivity index (χ4v) is 1.27. The van der Waals surface area contributed by atoms with Gasteiger partial charge in [0.15, 0.2) is 0 Å². The molecular weight excluding hydrogens is 176 g/mol. The predicted octanol–water partition coefficient (Wildman–Crippen LogP) is 2.50. The Morgan fingerprint density at radius 1 is 1.17 bits per heavy atom. The summed E-state index contributed by atoms with van der Waals surface area (Å²) in [7, 11) is 0. The van der Waals surface area contributed by atoms with Gasteiger partial charge in [0.25, 0.3) is 0 Å². The molecule has 1 atom stereocenters. The lowest BCUT2D eigenvalue weighted by Gasteiger charge is -1.99. The van der Waals surface area contributed by atoms with Crippen molar-refractivity contribution in [3.63, 3.8) is 0 Å². The highest BCUT2D eigenvalue weighted by Crippen LogP contribution is 2.04. The molecule has 0 spiro atoms. The summed E-state index contributed by atoms with van der Waals surface area (Å²) in [5.41, 5.74) is 0. The third-order valence-corrected chi connectivity index (χ3v) is 2.05. The van der Waals surface area contributed by atoms with Gasteiger partial charge in [0.05, 0.1) is 6.61 Å². The molecule has 0 aliphatic heterocycles. The lowest BCUT2D eigenvalue weighted by molar-refractivity contribution is 0.296. The molecule has 0 radical (unpaired) electrons. The van der Waals surface area contributed by atoms with Crippen LogP contribution in [0.15, 0.2) is 0 Å². The lowest BCUT2D eigenvalue weighted by atomic mass is 10.1. The minimum atomic E-state index is -2.07. The molecule has 0 aromatic carbocycles. The third-order valence-electron chi connectivity index (χ3n) is 1.68. The smallest absolute Gasteiger partial charge is 0.284 e. The van der Waals surface area contributed by atoms with Gasteiger partial charge in [-0.05, 0) is 6.42 Å². The first-order chi connectivity index (χ1) is 5.77. The van der Waals surface area contributed by atoms with Crippen LogP contribution in [-0.2, 0) is 15.5 Å². The first-order valence-corrected chi connectivity index (χ1v) is 5.54. The first-order valence-electron chi connectivity index (χ1n) is 4.51. The highest BCUT2D eigenvalue weighted by molar-refractivity contribution is 7.74. The van der Waals surface area contributed by atoms with Crippen molar-refractivity contribution in [1.29, 1.82) is 0 Å². The molecule has 0 bridgehead atoms. The summed E-state index contributed by atoms with van der Waals surface area (Å²) in [6, 6.07) is 0. The van der Waals surface area contributed by atoms with Crippen LogP contribution in [0.2, 0.25) is 0 Å². The van der Waals surface area contributed by atoms with Crippen LogP contribution in [0.4, 0.5) is 0 Å². The molecule has 4 heteroatoms. The zero-order valence-electron chi connectivity index (χ0n) is 7.62. The van der Waals surface area contributed by atoms with Gasteiger partial charge in [-0.1, -0.05) is 39.0 Å². The first kappa shape index (κ1) is 12.1. The standard InChI is InChI=1S/C8H18O3S/c1-2-3-4-5-6-7-8-11-12(9)10/h2-8H2,1H3,(H,9,10). The van der Waals surface area contributed by atoms with Gasteiger partial charge < -0.3 is 0 Å². The average Bonchev–Trinajstić information content (AvgIpc) is 2.02. The minimum absolute atomic E-state index is 0.398. The van der Waals surface area contributed by atoms with E-state index in [2.05, 4.69) is 11.1 Å². The summed E-state index contributed by atoms with van der Waals surface area (Å²) in [6.45, 7) is 2.58. The van der Waals surface area contributed by atoms with Crippen molar-refractivity contribution in [1.82, 2.24) is 0 Å². The van der Waals surface area contributed by atoms with E-state index in [1.807, 2.05) is 0 Å². The topological polar surface area (TPSA) is 46.5 Å². The number of hydrogen-bond acceptors (Lipinski definition) is 2. The van der Waals surface area contributed by atoms with E-state index in [-0.39, 0.29) is 0 Å². The zero-order valence-corrected chi connectivity index (χ0v) is 8.44. The molecule has 0 heterocycles. The molecule has 0 saturated heterocycles. The Bertz CT molecular complexity index is 117. The quantitative estimate of drug-likeness (QED) is 0.477. The second-order valence-corrected chi connectivity index (χ2v) is 3.48. The average molecular weight is 194 g/mol. The maximum Gasteiger partial charge on any atom is 0.301 e.